The number of aromatic hydroxyl groups is 1. The third-order valence-electron chi connectivity index (χ3n) is 7.22. The Morgan fingerprint density at radius 2 is 1.78 bits per heavy atom. The molecule has 0 aliphatic carbocycles. The van der Waals surface area contributed by atoms with E-state index < -0.39 is 43.2 Å². The number of carbonyl (C=O) groups excluding carboxylic acids is 1. The van der Waals surface area contributed by atoms with Crippen molar-refractivity contribution in [3.63, 3.8) is 0 Å². The van der Waals surface area contributed by atoms with E-state index in [4.69, 9.17) is 21.1 Å². The molecule has 2 heterocycles. The summed E-state index contributed by atoms with van der Waals surface area (Å²) >= 11 is 6.26. The van der Waals surface area contributed by atoms with E-state index in [9.17, 15) is 27.9 Å². The summed E-state index contributed by atoms with van der Waals surface area (Å²) in [5, 5.41) is 16.7. The summed E-state index contributed by atoms with van der Waals surface area (Å²) < 4.78 is 39.5. The smallest absolute Gasteiger partial charge is 0.410 e. The quantitative estimate of drug-likeness (QED) is 0.298. The second-order valence-electron chi connectivity index (χ2n) is 11.4. The topological polar surface area (TPSA) is 155 Å². The molecule has 2 aromatic rings. The molecule has 0 aromatic heterocycles. The molecular formula is C27H37ClN4O8S. The van der Waals surface area contributed by atoms with E-state index >= 15 is 0 Å². The van der Waals surface area contributed by atoms with Crippen molar-refractivity contribution in [1.82, 2.24) is 9.21 Å². The largest absolute Gasteiger partial charge is 0.504 e. The predicted octanol–water partition coefficient (Wildman–Crippen LogP) is 3.38. The molecule has 2 aliphatic rings. The van der Waals surface area contributed by atoms with Gasteiger partial charge in [-0.25, -0.2) is 13.2 Å². The van der Waals surface area contributed by atoms with Crippen molar-refractivity contribution in [2.45, 2.75) is 82.6 Å². The minimum atomic E-state index is -4.30. The average molecular weight is 613 g/mol. The first kappa shape index (κ1) is 31.1. The van der Waals surface area contributed by atoms with Crippen LogP contribution in [0.15, 0.2) is 26.6 Å². The number of hydrogen-bond acceptors (Lipinski definition) is 10. The van der Waals surface area contributed by atoms with Gasteiger partial charge in [-0.05, 0) is 59.1 Å². The van der Waals surface area contributed by atoms with Crippen molar-refractivity contribution in [1.29, 1.82) is 0 Å². The molecule has 0 radical (unpaired) electrons. The molecule has 12 nitrogen and oxygen atoms in total. The van der Waals surface area contributed by atoms with Gasteiger partial charge in [-0.2, -0.15) is 4.31 Å². The zero-order valence-corrected chi connectivity index (χ0v) is 25.4. The first-order chi connectivity index (χ1) is 19.1. The molecule has 1 amide bonds. The van der Waals surface area contributed by atoms with Crippen LogP contribution < -0.4 is 21.5 Å². The van der Waals surface area contributed by atoms with Crippen molar-refractivity contribution in [2.75, 3.05) is 36.8 Å². The highest BCUT2D eigenvalue weighted by Gasteiger charge is 2.36. The number of nitrogens with one attached hydrogen (secondary N) is 2. The van der Waals surface area contributed by atoms with Gasteiger partial charge in [-0.1, -0.05) is 18.5 Å². The van der Waals surface area contributed by atoms with E-state index in [2.05, 4.69) is 10.6 Å². The summed E-state index contributed by atoms with van der Waals surface area (Å²) in [5.74, 6) is -0.689. The van der Waals surface area contributed by atoms with Crippen LogP contribution in [0, 0.1) is 0 Å². The zero-order valence-electron chi connectivity index (χ0n) is 23.8. The van der Waals surface area contributed by atoms with Gasteiger partial charge < -0.3 is 30.1 Å². The Balaban J connectivity index is 1.53. The molecule has 14 heteroatoms. The van der Waals surface area contributed by atoms with Crippen molar-refractivity contribution in [3.05, 3.63) is 37.6 Å². The SMILES string of the molecule is CCC(Nc1c(Nc2ccc(Cl)c(S(=O)(=O)N3CCN(C(=O)OC(C)(C)C)CC3)c2O)c(=O)c1=O)[C@H]1CC[C@@H](C)O1. The van der Waals surface area contributed by atoms with Gasteiger partial charge in [0, 0.05) is 26.2 Å². The number of phenolic OH excluding ortho intramolecular Hbond substituents is 1. The molecule has 226 valence electrons. The first-order valence-corrected chi connectivity index (χ1v) is 15.5. The number of piperazine rings is 1. The average Bonchev–Trinajstić information content (AvgIpc) is 3.34. The van der Waals surface area contributed by atoms with Crippen LogP contribution >= 0.6 is 11.6 Å². The Bertz CT molecular complexity index is 1470. The standard InChI is InChI=1S/C27H37ClN4O8S/c1-6-17(19-10-7-15(2)39-19)29-20-21(24(35)23(20)34)30-18-9-8-16(28)25(22(18)33)41(37,38)32-13-11-31(12-14-32)26(36)40-27(3,4)5/h8-9,15,17,19,29-30,33H,6-7,10-14H2,1-5H3/t15-,17?,19-/m1/s1. The van der Waals surface area contributed by atoms with E-state index in [1.807, 2.05) is 13.8 Å². The van der Waals surface area contributed by atoms with Crippen LogP contribution in [-0.2, 0) is 19.5 Å². The van der Waals surface area contributed by atoms with E-state index in [-0.39, 0.29) is 66.5 Å². The van der Waals surface area contributed by atoms with Gasteiger partial charge in [-0.15, -0.1) is 0 Å². The lowest BCUT2D eigenvalue weighted by atomic mass is 10.0. The van der Waals surface area contributed by atoms with Crippen molar-refractivity contribution >= 4 is 44.8 Å². The lowest BCUT2D eigenvalue weighted by molar-refractivity contribution is 0.0192. The molecule has 41 heavy (non-hydrogen) atoms. The van der Waals surface area contributed by atoms with Crippen LogP contribution in [0.4, 0.5) is 21.9 Å². The molecule has 0 bridgehead atoms. The van der Waals surface area contributed by atoms with E-state index in [0.717, 1.165) is 17.1 Å². The Morgan fingerprint density at radius 1 is 1.15 bits per heavy atom. The molecule has 1 unspecified atom stereocenters. The fourth-order valence-electron chi connectivity index (χ4n) is 5.02. The minimum Gasteiger partial charge on any atom is -0.504 e. The number of anilines is 3. The van der Waals surface area contributed by atoms with E-state index in [1.165, 1.54) is 17.0 Å². The first-order valence-electron chi connectivity index (χ1n) is 13.7. The second kappa shape index (κ2) is 11.8. The Morgan fingerprint density at radius 3 is 2.34 bits per heavy atom. The van der Waals surface area contributed by atoms with Crippen molar-refractivity contribution in [3.8, 4) is 5.75 Å². The number of benzene rings is 1. The van der Waals surface area contributed by atoms with E-state index in [0.29, 0.717) is 6.42 Å². The fourth-order valence-corrected chi connectivity index (χ4v) is 7.03. The molecule has 2 aliphatic heterocycles. The number of ether oxygens (including phenoxy) is 2. The second-order valence-corrected chi connectivity index (χ2v) is 13.7. The monoisotopic (exact) mass is 612 g/mol. The third kappa shape index (κ3) is 6.47. The summed E-state index contributed by atoms with van der Waals surface area (Å²) in [6, 6.07) is 2.41. The van der Waals surface area contributed by atoms with Gasteiger partial charge in [0.05, 0.1) is 29.0 Å². The maximum atomic E-state index is 13.6. The summed E-state index contributed by atoms with van der Waals surface area (Å²) in [5.41, 5.74) is -2.31. The maximum absolute atomic E-state index is 13.6. The Labute approximate surface area is 244 Å². The number of carbonyl (C=O) groups is 1. The highest BCUT2D eigenvalue weighted by atomic mass is 35.5. The summed E-state index contributed by atoms with van der Waals surface area (Å²) in [6.07, 6.45) is 1.79. The molecule has 0 spiro atoms. The zero-order chi connectivity index (χ0) is 30.3. The molecular weight excluding hydrogens is 576 g/mol. The van der Waals surface area contributed by atoms with Crippen molar-refractivity contribution in [2.24, 2.45) is 0 Å². The number of amides is 1. The predicted molar refractivity (Wildman–Crippen MR) is 156 cm³/mol. The molecule has 0 saturated carbocycles. The lowest BCUT2D eigenvalue weighted by Gasteiger charge is -2.35. The number of rotatable bonds is 8. The lowest BCUT2D eigenvalue weighted by Crippen LogP contribution is -2.51. The number of phenols is 1. The normalized spacial score (nSPS) is 21.2. The van der Waals surface area contributed by atoms with Gasteiger partial charge in [0.25, 0.3) is 10.9 Å². The van der Waals surface area contributed by atoms with Crippen LogP contribution in [0.5, 0.6) is 5.75 Å². The molecule has 4 rings (SSSR count). The van der Waals surface area contributed by atoms with Gasteiger partial charge in [0.1, 0.15) is 21.9 Å². The minimum absolute atomic E-state index is 0.0402. The van der Waals surface area contributed by atoms with Gasteiger partial charge in [-0.3, -0.25) is 9.59 Å². The molecule has 2 saturated heterocycles. The summed E-state index contributed by atoms with van der Waals surface area (Å²) in [6.45, 7) is 9.24. The molecule has 3 atom stereocenters. The fraction of sp³-hybridized carbons (Fsp3) is 0.593. The highest BCUT2D eigenvalue weighted by molar-refractivity contribution is 7.89. The summed E-state index contributed by atoms with van der Waals surface area (Å²) in [4.78, 5) is 38.2. The Kier molecular flexibility index (Phi) is 8.93. The van der Waals surface area contributed by atoms with Crippen LogP contribution in [0.2, 0.25) is 5.02 Å². The molecule has 2 fully saturated rings. The van der Waals surface area contributed by atoms with Crippen LogP contribution in [-0.4, -0.2) is 78.9 Å². The molecule has 2 aromatic carbocycles. The number of halogens is 1. The maximum Gasteiger partial charge on any atom is 0.410 e. The van der Waals surface area contributed by atoms with E-state index in [1.54, 1.807) is 20.8 Å². The number of hydrogen-bond donors (Lipinski definition) is 3. The van der Waals surface area contributed by atoms with Gasteiger partial charge >= 0.3 is 6.09 Å². The highest BCUT2D eigenvalue weighted by Crippen LogP contribution is 2.40. The van der Waals surface area contributed by atoms with Crippen LogP contribution in [0.3, 0.4) is 0 Å². The van der Waals surface area contributed by atoms with Crippen LogP contribution in [0.25, 0.3) is 0 Å². The third-order valence-corrected chi connectivity index (χ3v) is 9.63. The molecule has 3 N–H and O–H groups in total. The Hall–Kier alpha value is -2.87. The van der Waals surface area contributed by atoms with Gasteiger partial charge in [0.15, 0.2) is 5.75 Å². The van der Waals surface area contributed by atoms with Gasteiger partial charge in [0.2, 0.25) is 10.0 Å². The summed E-state index contributed by atoms with van der Waals surface area (Å²) in [7, 11) is -4.30. The van der Waals surface area contributed by atoms with Crippen LogP contribution in [0.1, 0.15) is 53.9 Å². The van der Waals surface area contributed by atoms with Crippen molar-refractivity contribution < 1.29 is 27.8 Å². The number of nitrogens with zero attached hydrogens (tertiary/aromatic N) is 2. The number of sulfonamides is 1.